The van der Waals surface area contributed by atoms with Crippen molar-refractivity contribution < 1.29 is 19.0 Å². The van der Waals surface area contributed by atoms with Gasteiger partial charge in [-0.25, -0.2) is 4.39 Å². The topological polar surface area (TPSA) is 46.5 Å². The molecule has 0 saturated carbocycles. The molecule has 3 nitrogen and oxygen atoms in total. The summed E-state index contributed by atoms with van der Waals surface area (Å²) in [6.45, 7) is 0.563. The number of halogens is 1. The quantitative estimate of drug-likeness (QED) is 0.853. The standard InChI is InChI=1S/C12H13FO3/c13-10-4-2-1-3-9(10)12(7-8-16-12)6-5-11(14)15/h1-4H,5-8H2,(H,14,15). The van der Waals surface area contributed by atoms with Crippen LogP contribution in [0.3, 0.4) is 0 Å². The normalized spacial score (nSPS) is 23.8. The molecular weight excluding hydrogens is 211 g/mol. The molecular formula is C12H13FO3. The van der Waals surface area contributed by atoms with Gasteiger partial charge in [-0.2, -0.15) is 0 Å². The summed E-state index contributed by atoms with van der Waals surface area (Å²) in [4.78, 5) is 10.6. The number of rotatable bonds is 4. The minimum absolute atomic E-state index is 0.00562. The SMILES string of the molecule is O=C(O)CCC1(c2ccccc2F)CCO1. The van der Waals surface area contributed by atoms with Crippen LogP contribution in [0.15, 0.2) is 24.3 Å². The number of carbonyl (C=O) groups is 1. The molecule has 0 amide bonds. The van der Waals surface area contributed by atoms with E-state index in [2.05, 4.69) is 0 Å². The van der Waals surface area contributed by atoms with Gasteiger partial charge in [0.2, 0.25) is 0 Å². The van der Waals surface area contributed by atoms with Crippen LogP contribution in [0.25, 0.3) is 0 Å². The smallest absolute Gasteiger partial charge is 0.303 e. The van der Waals surface area contributed by atoms with E-state index < -0.39 is 11.6 Å². The molecule has 86 valence electrons. The average molecular weight is 224 g/mol. The molecule has 0 radical (unpaired) electrons. The van der Waals surface area contributed by atoms with Gasteiger partial charge < -0.3 is 9.84 Å². The summed E-state index contributed by atoms with van der Waals surface area (Å²) in [6, 6.07) is 6.39. The van der Waals surface area contributed by atoms with Gasteiger partial charge in [0.25, 0.3) is 0 Å². The van der Waals surface area contributed by atoms with Crippen molar-refractivity contribution in [3.05, 3.63) is 35.6 Å². The molecule has 1 saturated heterocycles. The molecule has 0 aliphatic carbocycles. The number of hydrogen-bond donors (Lipinski definition) is 1. The van der Waals surface area contributed by atoms with Crippen LogP contribution in [0.2, 0.25) is 0 Å². The molecule has 1 unspecified atom stereocenters. The second-order valence-electron chi connectivity index (χ2n) is 3.97. The van der Waals surface area contributed by atoms with Crippen molar-refractivity contribution in [1.29, 1.82) is 0 Å². The molecule has 1 atom stereocenters. The molecule has 1 aliphatic rings. The summed E-state index contributed by atoms with van der Waals surface area (Å²) in [5.74, 6) is -1.21. The zero-order valence-electron chi connectivity index (χ0n) is 8.78. The molecule has 16 heavy (non-hydrogen) atoms. The first-order chi connectivity index (χ1) is 7.64. The molecule has 0 bridgehead atoms. The van der Waals surface area contributed by atoms with Crippen LogP contribution >= 0.6 is 0 Å². The van der Waals surface area contributed by atoms with E-state index in [4.69, 9.17) is 9.84 Å². The number of carboxylic acid groups (broad SMARTS) is 1. The third-order valence-corrected chi connectivity index (χ3v) is 2.99. The second kappa shape index (κ2) is 4.22. The van der Waals surface area contributed by atoms with Crippen LogP contribution in [0.1, 0.15) is 24.8 Å². The van der Waals surface area contributed by atoms with E-state index in [1.807, 2.05) is 0 Å². The molecule has 1 N–H and O–H groups in total. The highest BCUT2D eigenvalue weighted by Crippen LogP contribution is 2.42. The summed E-state index contributed by atoms with van der Waals surface area (Å²) in [5.41, 5.74) is -0.244. The zero-order chi connectivity index (χ0) is 11.6. The first-order valence-electron chi connectivity index (χ1n) is 5.25. The maximum atomic E-state index is 13.6. The van der Waals surface area contributed by atoms with Crippen LogP contribution in [-0.2, 0) is 15.1 Å². The van der Waals surface area contributed by atoms with Gasteiger partial charge in [-0.1, -0.05) is 18.2 Å². The van der Waals surface area contributed by atoms with E-state index in [1.54, 1.807) is 18.2 Å². The Morgan fingerprint density at radius 2 is 2.19 bits per heavy atom. The maximum Gasteiger partial charge on any atom is 0.303 e. The third kappa shape index (κ3) is 1.93. The van der Waals surface area contributed by atoms with Gasteiger partial charge in [-0.3, -0.25) is 4.79 Å². The average Bonchev–Trinajstić information content (AvgIpc) is 2.18. The van der Waals surface area contributed by atoms with Gasteiger partial charge in [0.15, 0.2) is 0 Å². The largest absolute Gasteiger partial charge is 0.481 e. The minimum atomic E-state index is -0.883. The lowest BCUT2D eigenvalue weighted by Gasteiger charge is -2.42. The number of ether oxygens (including phenoxy) is 1. The molecule has 1 aliphatic heterocycles. The zero-order valence-corrected chi connectivity index (χ0v) is 8.78. The fourth-order valence-corrected chi connectivity index (χ4v) is 2.03. The molecule has 1 aromatic carbocycles. The third-order valence-electron chi connectivity index (χ3n) is 2.99. The summed E-state index contributed by atoms with van der Waals surface area (Å²) in [6.07, 6.45) is 0.999. The molecule has 1 aromatic rings. The first-order valence-corrected chi connectivity index (χ1v) is 5.25. The number of hydrogen-bond acceptors (Lipinski definition) is 2. The summed E-state index contributed by atoms with van der Waals surface area (Å²) >= 11 is 0. The van der Waals surface area contributed by atoms with Crippen molar-refractivity contribution in [2.24, 2.45) is 0 Å². The Morgan fingerprint density at radius 3 is 2.69 bits per heavy atom. The predicted octanol–water partition coefficient (Wildman–Crippen LogP) is 2.31. The molecule has 2 rings (SSSR count). The Kier molecular flexibility index (Phi) is 2.92. The van der Waals surface area contributed by atoms with E-state index in [-0.39, 0.29) is 12.2 Å². The van der Waals surface area contributed by atoms with Crippen molar-refractivity contribution in [3.8, 4) is 0 Å². The van der Waals surface area contributed by atoms with Crippen LogP contribution in [-0.4, -0.2) is 17.7 Å². The lowest BCUT2D eigenvalue weighted by Crippen LogP contribution is -2.42. The van der Waals surface area contributed by atoms with Gasteiger partial charge in [-0.05, 0) is 12.5 Å². The molecule has 1 fully saturated rings. The van der Waals surface area contributed by atoms with Gasteiger partial charge in [0.05, 0.1) is 12.2 Å². The second-order valence-corrected chi connectivity index (χ2v) is 3.97. The Morgan fingerprint density at radius 1 is 1.50 bits per heavy atom. The van der Waals surface area contributed by atoms with E-state index in [9.17, 15) is 9.18 Å². The van der Waals surface area contributed by atoms with Crippen molar-refractivity contribution in [1.82, 2.24) is 0 Å². The van der Waals surface area contributed by atoms with Crippen molar-refractivity contribution in [2.75, 3.05) is 6.61 Å². The number of benzene rings is 1. The minimum Gasteiger partial charge on any atom is -0.481 e. The Labute approximate surface area is 92.9 Å². The van der Waals surface area contributed by atoms with Gasteiger partial charge >= 0.3 is 5.97 Å². The summed E-state index contributed by atoms with van der Waals surface area (Å²) in [7, 11) is 0. The Hall–Kier alpha value is -1.42. The van der Waals surface area contributed by atoms with Gasteiger partial charge in [0.1, 0.15) is 5.82 Å². The highest BCUT2D eigenvalue weighted by atomic mass is 19.1. The summed E-state index contributed by atoms with van der Waals surface area (Å²) < 4.78 is 19.0. The lowest BCUT2D eigenvalue weighted by atomic mass is 9.82. The van der Waals surface area contributed by atoms with Crippen molar-refractivity contribution in [3.63, 3.8) is 0 Å². The van der Waals surface area contributed by atoms with Crippen LogP contribution in [0.4, 0.5) is 4.39 Å². The van der Waals surface area contributed by atoms with Gasteiger partial charge in [-0.15, -0.1) is 0 Å². The van der Waals surface area contributed by atoms with E-state index in [1.165, 1.54) is 6.07 Å². The highest BCUT2D eigenvalue weighted by molar-refractivity contribution is 5.66. The van der Waals surface area contributed by atoms with E-state index in [0.717, 1.165) is 0 Å². The first kappa shape index (κ1) is 11.1. The van der Waals surface area contributed by atoms with Crippen molar-refractivity contribution >= 4 is 5.97 Å². The molecule has 4 heteroatoms. The fourth-order valence-electron chi connectivity index (χ4n) is 2.03. The van der Waals surface area contributed by atoms with E-state index in [0.29, 0.717) is 25.0 Å². The monoisotopic (exact) mass is 224 g/mol. The van der Waals surface area contributed by atoms with Gasteiger partial charge in [0, 0.05) is 18.4 Å². The van der Waals surface area contributed by atoms with Crippen LogP contribution < -0.4 is 0 Å². The molecule has 0 spiro atoms. The highest BCUT2D eigenvalue weighted by Gasteiger charge is 2.41. The number of aliphatic carboxylic acids is 1. The summed E-state index contributed by atoms with van der Waals surface area (Å²) in [5, 5.41) is 8.66. The van der Waals surface area contributed by atoms with Crippen LogP contribution in [0.5, 0.6) is 0 Å². The Balaban J connectivity index is 2.21. The van der Waals surface area contributed by atoms with E-state index >= 15 is 0 Å². The van der Waals surface area contributed by atoms with Crippen molar-refractivity contribution in [2.45, 2.75) is 24.9 Å². The maximum absolute atomic E-state index is 13.6. The van der Waals surface area contributed by atoms with Crippen LogP contribution in [0, 0.1) is 5.82 Å². The fraction of sp³-hybridized carbons (Fsp3) is 0.417. The Bertz CT molecular complexity index is 399. The molecule has 0 aromatic heterocycles. The molecule has 1 heterocycles. The predicted molar refractivity (Wildman–Crippen MR) is 55.5 cm³/mol. The lowest BCUT2D eigenvalue weighted by molar-refractivity contribution is -0.167. The number of carboxylic acids is 1.